The number of likely N-dealkylation sites (tertiary alicyclic amines) is 1. The summed E-state index contributed by atoms with van der Waals surface area (Å²) in [7, 11) is 1.36. The van der Waals surface area contributed by atoms with Crippen molar-refractivity contribution in [2.75, 3.05) is 13.7 Å². The number of hydrogen-bond acceptors (Lipinski definition) is 3. The molecule has 12 heavy (non-hydrogen) atoms. The average Bonchev–Trinajstić information content (AvgIpc) is 2.52. The summed E-state index contributed by atoms with van der Waals surface area (Å²) in [5, 5.41) is 0. The van der Waals surface area contributed by atoms with Crippen LogP contribution in [0, 0.1) is 0 Å². The second kappa shape index (κ2) is 4.09. The highest BCUT2D eigenvalue weighted by Gasteiger charge is 2.28. The lowest BCUT2D eigenvalue weighted by molar-refractivity contribution is -0.108. The summed E-state index contributed by atoms with van der Waals surface area (Å²) in [6, 6.07) is 0.0648. The van der Waals surface area contributed by atoms with Gasteiger partial charge in [-0.25, -0.2) is 4.79 Å². The van der Waals surface area contributed by atoms with Crippen molar-refractivity contribution in [3.05, 3.63) is 0 Å². The van der Waals surface area contributed by atoms with Gasteiger partial charge in [-0.15, -0.1) is 0 Å². The molecule has 1 atom stereocenters. The quantitative estimate of drug-likeness (QED) is 0.577. The first-order valence-electron chi connectivity index (χ1n) is 4.07. The smallest absolute Gasteiger partial charge is 0.409 e. The molecule has 0 radical (unpaired) electrons. The van der Waals surface area contributed by atoms with Crippen molar-refractivity contribution in [1.29, 1.82) is 0 Å². The van der Waals surface area contributed by atoms with Crippen molar-refractivity contribution in [3.63, 3.8) is 0 Å². The van der Waals surface area contributed by atoms with E-state index in [2.05, 4.69) is 4.74 Å². The molecule has 1 saturated heterocycles. The second-order valence-electron chi connectivity index (χ2n) is 2.86. The van der Waals surface area contributed by atoms with Gasteiger partial charge in [0.25, 0.3) is 0 Å². The van der Waals surface area contributed by atoms with E-state index >= 15 is 0 Å². The lowest BCUT2D eigenvalue weighted by atomic mass is 10.2. The average molecular weight is 171 g/mol. The Bertz CT molecular complexity index is 181. The molecule has 0 bridgehead atoms. The van der Waals surface area contributed by atoms with E-state index in [1.165, 1.54) is 7.11 Å². The van der Waals surface area contributed by atoms with Gasteiger partial charge in [-0.1, -0.05) is 0 Å². The highest BCUT2D eigenvalue weighted by Crippen LogP contribution is 2.19. The molecule has 1 amide bonds. The van der Waals surface area contributed by atoms with E-state index in [4.69, 9.17) is 0 Å². The van der Waals surface area contributed by atoms with E-state index in [-0.39, 0.29) is 12.1 Å². The molecule has 1 fully saturated rings. The fourth-order valence-corrected chi connectivity index (χ4v) is 1.55. The highest BCUT2D eigenvalue weighted by atomic mass is 16.5. The Kier molecular flexibility index (Phi) is 3.08. The van der Waals surface area contributed by atoms with E-state index in [0.717, 1.165) is 19.1 Å². The van der Waals surface area contributed by atoms with Gasteiger partial charge < -0.3 is 14.4 Å². The van der Waals surface area contributed by atoms with Gasteiger partial charge in [0, 0.05) is 19.0 Å². The summed E-state index contributed by atoms with van der Waals surface area (Å²) < 4.78 is 4.58. The van der Waals surface area contributed by atoms with Gasteiger partial charge in [0.15, 0.2) is 0 Å². The fourth-order valence-electron chi connectivity index (χ4n) is 1.55. The summed E-state index contributed by atoms with van der Waals surface area (Å²) in [5.41, 5.74) is 0. The number of methoxy groups -OCH3 is 1. The van der Waals surface area contributed by atoms with Crippen LogP contribution in [0.1, 0.15) is 19.3 Å². The highest BCUT2D eigenvalue weighted by molar-refractivity contribution is 5.69. The minimum absolute atomic E-state index is 0.0648. The van der Waals surface area contributed by atoms with Crippen LogP contribution in [-0.2, 0) is 9.53 Å². The summed E-state index contributed by atoms with van der Waals surface area (Å²) in [4.78, 5) is 22.9. The number of aldehydes is 1. The zero-order valence-corrected chi connectivity index (χ0v) is 7.16. The van der Waals surface area contributed by atoms with Gasteiger partial charge in [0.05, 0.1) is 7.11 Å². The van der Waals surface area contributed by atoms with Crippen molar-refractivity contribution in [3.8, 4) is 0 Å². The molecular weight excluding hydrogens is 158 g/mol. The van der Waals surface area contributed by atoms with Crippen molar-refractivity contribution >= 4 is 12.4 Å². The molecule has 0 saturated carbocycles. The normalized spacial score (nSPS) is 22.4. The van der Waals surface area contributed by atoms with Gasteiger partial charge in [0.2, 0.25) is 0 Å². The van der Waals surface area contributed by atoms with Gasteiger partial charge in [0.1, 0.15) is 6.29 Å². The van der Waals surface area contributed by atoms with Crippen molar-refractivity contribution < 1.29 is 14.3 Å². The third-order valence-electron chi connectivity index (χ3n) is 2.15. The fraction of sp³-hybridized carbons (Fsp3) is 0.750. The summed E-state index contributed by atoms with van der Waals surface area (Å²) in [5.74, 6) is 0. The SMILES string of the molecule is COC(=O)N1CCCC1CC=O. The minimum Gasteiger partial charge on any atom is -0.453 e. The molecule has 68 valence electrons. The molecule has 0 aromatic rings. The van der Waals surface area contributed by atoms with Crippen LogP contribution in [0.15, 0.2) is 0 Å². The Morgan fingerprint density at radius 3 is 3.08 bits per heavy atom. The molecule has 0 aromatic carbocycles. The maximum Gasteiger partial charge on any atom is 0.409 e. The lowest BCUT2D eigenvalue weighted by Crippen LogP contribution is -2.35. The summed E-state index contributed by atoms with van der Waals surface area (Å²) >= 11 is 0. The Morgan fingerprint density at radius 1 is 1.75 bits per heavy atom. The third-order valence-corrected chi connectivity index (χ3v) is 2.15. The predicted molar refractivity (Wildman–Crippen MR) is 42.8 cm³/mol. The molecular formula is C8H13NO3. The van der Waals surface area contributed by atoms with E-state index in [1.54, 1.807) is 4.90 Å². The number of nitrogens with zero attached hydrogens (tertiary/aromatic N) is 1. The van der Waals surface area contributed by atoms with Gasteiger partial charge in [-0.05, 0) is 12.8 Å². The molecule has 1 rings (SSSR count). The first-order valence-corrected chi connectivity index (χ1v) is 4.07. The van der Waals surface area contributed by atoms with E-state index < -0.39 is 0 Å². The molecule has 4 heteroatoms. The lowest BCUT2D eigenvalue weighted by Gasteiger charge is -2.20. The predicted octanol–water partition coefficient (Wildman–Crippen LogP) is 0.806. The second-order valence-corrected chi connectivity index (χ2v) is 2.86. The summed E-state index contributed by atoms with van der Waals surface area (Å²) in [6.07, 6.45) is 2.84. The molecule has 1 aliphatic rings. The van der Waals surface area contributed by atoms with E-state index in [0.29, 0.717) is 13.0 Å². The van der Waals surface area contributed by atoms with Crippen LogP contribution in [-0.4, -0.2) is 37.0 Å². The molecule has 1 unspecified atom stereocenters. The van der Waals surface area contributed by atoms with Gasteiger partial charge >= 0.3 is 6.09 Å². The molecule has 1 aliphatic heterocycles. The van der Waals surface area contributed by atoms with Crippen molar-refractivity contribution in [2.45, 2.75) is 25.3 Å². The monoisotopic (exact) mass is 171 g/mol. The number of carbonyl (C=O) groups is 2. The molecule has 0 N–H and O–H groups in total. The zero-order chi connectivity index (χ0) is 8.97. The Hall–Kier alpha value is -1.06. The topological polar surface area (TPSA) is 46.6 Å². The first-order chi connectivity index (χ1) is 5.79. The molecule has 0 aromatic heterocycles. The number of rotatable bonds is 2. The number of amides is 1. The Labute approximate surface area is 71.5 Å². The number of ether oxygens (including phenoxy) is 1. The maximum atomic E-state index is 11.1. The van der Waals surface area contributed by atoms with Crippen LogP contribution in [0.5, 0.6) is 0 Å². The Balaban J connectivity index is 2.50. The minimum atomic E-state index is -0.320. The number of hydrogen-bond donors (Lipinski definition) is 0. The van der Waals surface area contributed by atoms with Crippen LogP contribution in [0.2, 0.25) is 0 Å². The van der Waals surface area contributed by atoms with Crippen LogP contribution in [0.25, 0.3) is 0 Å². The molecule has 4 nitrogen and oxygen atoms in total. The van der Waals surface area contributed by atoms with Crippen LogP contribution in [0.4, 0.5) is 4.79 Å². The molecule has 1 heterocycles. The van der Waals surface area contributed by atoms with Gasteiger partial charge in [-0.3, -0.25) is 0 Å². The molecule has 0 spiro atoms. The van der Waals surface area contributed by atoms with Crippen molar-refractivity contribution in [1.82, 2.24) is 4.90 Å². The van der Waals surface area contributed by atoms with E-state index in [9.17, 15) is 9.59 Å². The third kappa shape index (κ3) is 1.75. The maximum absolute atomic E-state index is 11.1. The van der Waals surface area contributed by atoms with Crippen LogP contribution < -0.4 is 0 Å². The standard InChI is InChI=1S/C8H13NO3/c1-12-8(11)9-5-2-3-7(9)4-6-10/h6-7H,2-5H2,1H3. The van der Waals surface area contributed by atoms with E-state index in [1.807, 2.05) is 0 Å². The molecule has 0 aliphatic carbocycles. The zero-order valence-electron chi connectivity index (χ0n) is 7.16. The first kappa shape index (κ1) is 9.03. The number of carbonyl (C=O) groups excluding carboxylic acids is 2. The van der Waals surface area contributed by atoms with Crippen LogP contribution in [0.3, 0.4) is 0 Å². The van der Waals surface area contributed by atoms with Gasteiger partial charge in [-0.2, -0.15) is 0 Å². The van der Waals surface area contributed by atoms with Crippen molar-refractivity contribution in [2.24, 2.45) is 0 Å². The summed E-state index contributed by atoms with van der Waals surface area (Å²) in [6.45, 7) is 0.713. The van der Waals surface area contributed by atoms with Crippen LogP contribution >= 0.6 is 0 Å². The Morgan fingerprint density at radius 2 is 2.50 bits per heavy atom. The largest absolute Gasteiger partial charge is 0.453 e.